The number of nitrogens with two attached hydrogens (primary N) is 3. The van der Waals surface area contributed by atoms with Gasteiger partial charge in [-0.25, -0.2) is 4.79 Å². The largest absolute Gasteiger partial charge is 0.481 e. The van der Waals surface area contributed by atoms with Crippen LogP contribution in [0.15, 0.2) is 4.99 Å². The number of carbonyl (C=O) groups excluding carboxylic acids is 2. The highest BCUT2D eigenvalue weighted by Crippen LogP contribution is 2.02. The number of carboxylic acids is 2. The number of carbonyl (C=O) groups is 4. The molecule has 0 fully saturated rings. The van der Waals surface area contributed by atoms with Crippen LogP contribution in [0.3, 0.4) is 0 Å². The van der Waals surface area contributed by atoms with Crippen molar-refractivity contribution in [1.29, 1.82) is 0 Å². The van der Waals surface area contributed by atoms with Gasteiger partial charge in [0.25, 0.3) is 0 Å². The first kappa shape index (κ1) is 24.1. The minimum absolute atomic E-state index is 0.0290. The van der Waals surface area contributed by atoms with Crippen molar-refractivity contribution in [3.05, 3.63) is 0 Å². The van der Waals surface area contributed by atoms with E-state index < -0.39 is 54.4 Å². The van der Waals surface area contributed by atoms with E-state index in [9.17, 15) is 29.4 Å². The lowest BCUT2D eigenvalue weighted by molar-refractivity contribution is -0.143. The Morgan fingerprint density at radius 3 is 2.04 bits per heavy atom. The smallest absolute Gasteiger partial charge is 0.326 e. The molecule has 154 valence electrons. The highest BCUT2D eigenvalue weighted by Gasteiger charge is 2.30. The summed E-state index contributed by atoms with van der Waals surface area (Å²) in [6.07, 6.45) is -1.83. The molecule has 0 saturated heterocycles. The number of aliphatic carboxylic acids is 2. The fourth-order valence-electron chi connectivity index (χ4n) is 1.90. The maximum absolute atomic E-state index is 12.2. The Morgan fingerprint density at radius 1 is 1.04 bits per heavy atom. The minimum atomic E-state index is -1.57. The fourth-order valence-corrected chi connectivity index (χ4v) is 1.90. The van der Waals surface area contributed by atoms with Crippen molar-refractivity contribution >= 4 is 29.7 Å². The van der Waals surface area contributed by atoms with Gasteiger partial charge in [0, 0.05) is 6.54 Å². The summed E-state index contributed by atoms with van der Waals surface area (Å²) in [5.41, 5.74) is 15.7. The average molecular weight is 390 g/mol. The predicted molar refractivity (Wildman–Crippen MR) is 93.3 cm³/mol. The molecule has 13 heteroatoms. The topological polar surface area (TPSA) is 243 Å². The van der Waals surface area contributed by atoms with Crippen LogP contribution in [0, 0.1) is 0 Å². The van der Waals surface area contributed by atoms with Crippen molar-refractivity contribution in [2.24, 2.45) is 22.2 Å². The molecule has 0 rings (SSSR count). The van der Waals surface area contributed by atoms with Gasteiger partial charge in [-0.2, -0.15) is 0 Å². The fraction of sp³-hybridized carbons (Fsp3) is 0.643. The maximum Gasteiger partial charge on any atom is 0.326 e. The average Bonchev–Trinajstić information content (AvgIpc) is 2.54. The van der Waals surface area contributed by atoms with E-state index in [0.717, 1.165) is 0 Å². The highest BCUT2D eigenvalue weighted by molar-refractivity contribution is 5.94. The molecular formula is C14H26N6O7. The van der Waals surface area contributed by atoms with Gasteiger partial charge in [-0.15, -0.1) is 0 Å². The second-order valence-corrected chi connectivity index (χ2v) is 5.77. The van der Waals surface area contributed by atoms with E-state index in [1.807, 2.05) is 0 Å². The Balaban J connectivity index is 5.01. The molecule has 0 bridgehead atoms. The molecule has 0 aromatic rings. The molecule has 11 N–H and O–H groups in total. The minimum Gasteiger partial charge on any atom is -0.481 e. The number of nitrogens with one attached hydrogen (secondary N) is 2. The Hall–Kier alpha value is -2.93. The van der Waals surface area contributed by atoms with Crippen LogP contribution in [0.25, 0.3) is 0 Å². The van der Waals surface area contributed by atoms with E-state index in [4.69, 9.17) is 22.3 Å². The molecule has 27 heavy (non-hydrogen) atoms. The summed E-state index contributed by atoms with van der Waals surface area (Å²) in [6.45, 7) is 1.38. The van der Waals surface area contributed by atoms with Crippen molar-refractivity contribution in [3.63, 3.8) is 0 Å². The highest BCUT2D eigenvalue weighted by atomic mass is 16.4. The third-order valence-corrected chi connectivity index (χ3v) is 3.39. The molecule has 0 unspecified atom stereocenters. The van der Waals surface area contributed by atoms with Gasteiger partial charge >= 0.3 is 11.9 Å². The van der Waals surface area contributed by atoms with Crippen LogP contribution in [0.2, 0.25) is 0 Å². The van der Waals surface area contributed by atoms with Crippen molar-refractivity contribution in [2.45, 2.75) is 50.4 Å². The number of aliphatic hydroxyl groups is 1. The molecule has 13 nitrogen and oxygen atoms in total. The third kappa shape index (κ3) is 9.96. The monoisotopic (exact) mass is 390 g/mol. The van der Waals surface area contributed by atoms with Crippen LogP contribution in [-0.4, -0.2) is 75.8 Å². The first-order valence-electron chi connectivity index (χ1n) is 8.00. The van der Waals surface area contributed by atoms with Gasteiger partial charge in [0.05, 0.1) is 12.5 Å². The zero-order valence-electron chi connectivity index (χ0n) is 14.8. The zero-order valence-corrected chi connectivity index (χ0v) is 14.8. The standard InChI is InChI=1S/C14H26N6O7/c1-6(21)10(15)12(25)20-8(5-9(22)23)11(24)19-7(13(26)27)3-2-4-18-14(16)17/h6-8,10,21H,2-5,15H2,1H3,(H,19,24)(H,20,25)(H,22,23)(H,26,27)(H4,16,17,18)/t6-,7+,8+,10+/m1/s1. The lowest BCUT2D eigenvalue weighted by Crippen LogP contribution is -2.56. The number of aliphatic hydroxyl groups excluding tert-OH is 1. The van der Waals surface area contributed by atoms with E-state index in [-0.39, 0.29) is 25.3 Å². The summed E-state index contributed by atoms with van der Waals surface area (Å²) in [5.74, 6) is -4.89. The molecule has 0 aromatic carbocycles. The number of carboxylic acid groups (broad SMARTS) is 2. The lowest BCUT2D eigenvalue weighted by atomic mass is 10.1. The van der Waals surface area contributed by atoms with E-state index >= 15 is 0 Å². The first-order valence-corrected chi connectivity index (χ1v) is 8.00. The van der Waals surface area contributed by atoms with Crippen LogP contribution in [-0.2, 0) is 19.2 Å². The normalized spacial score (nSPS) is 14.9. The number of guanidine groups is 1. The lowest BCUT2D eigenvalue weighted by Gasteiger charge is -2.22. The summed E-state index contributed by atoms with van der Waals surface area (Å²) < 4.78 is 0. The molecule has 0 aromatic heterocycles. The summed E-state index contributed by atoms with van der Waals surface area (Å²) in [7, 11) is 0. The van der Waals surface area contributed by atoms with Crippen LogP contribution < -0.4 is 27.8 Å². The Labute approximate surface area is 155 Å². The Bertz CT molecular complexity index is 576. The van der Waals surface area contributed by atoms with Gasteiger partial charge in [0.15, 0.2) is 5.96 Å². The second-order valence-electron chi connectivity index (χ2n) is 5.77. The summed E-state index contributed by atoms with van der Waals surface area (Å²) >= 11 is 0. The van der Waals surface area contributed by atoms with Crippen LogP contribution in [0.1, 0.15) is 26.2 Å². The van der Waals surface area contributed by atoms with E-state index in [1.54, 1.807) is 0 Å². The molecule has 0 aliphatic heterocycles. The molecule has 0 aliphatic rings. The number of aliphatic imine (C=N–C) groups is 1. The van der Waals surface area contributed by atoms with E-state index in [2.05, 4.69) is 15.6 Å². The third-order valence-electron chi connectivity index (χ3n) is 3.39. The SMILES string of the molecule is C[C@@H](O)[C@H](N)C(=O)N[C@@H](CC(=O)O)C(=O)N[C@@H](CCCN=C(N)N)C(=O)O. The van der Waals surface area contributed by atoms with Crippen molar-refractivity contribution in [2.75, 3.05) is 6.54 Å². The molecule has 0 saturated carbocycles. The molecular weight excluding hydrogens is 364 g/mol. The van der Waals surface area contributed by atoms with E-state index in [1.165, 1.54) is 6.92 Å². The second kappa shape index (κ2) is 11.6. The van der Waals surface area contributed by atoms with Crippen molar-refractivity contribution < 1.29 is 34.5 Å². The molecule has 0 spiro atoms. The van der Waals surface area contributed by atoms with Gasteiger partial charge < -0.3 is 43.2 Å². The number of hydrogen-bond acceptors (Lipinski definition) is 7. The summed E-state index contributed by atoms with van der Waals surface area (Å²) in [4.78, 5) is 50.0. The molecule has 2 amide bonds. The van der Waals surface area contributed by atoms with Gasteiger partial charge in [-0.1, -0.05) is 0 Å². The van der Waals surface area contributed by atoms with Crippen molar-refractivity contribution in [1.82, 2.24) is 10.6 Å². The van der Waals surface area contributed by atoms with Crippen molar-refractivity contribution in [3.8, 4) is 0 Å². The number of hydrogen-bond donors (Lipinski definition) is 8. The Morgan fingerprint density at radius 2 is 1.59 bits per heavy atom. The van der Waals surface area contributed by atoms with Gasteiger partial charge in [-0.3, -0.25) is 19.4 Å². The number of amides is 2. The van der Waals surface area contributed by atoms with Crippen LogP contribution in [0.4, 0.5) is 0 Å². The first-order chi connectivity index (χ1) is 12.5. The number of nitrogens with zero attached hydrogens (tertiary/aromatic N) is 1. The van der Waals surface area contributed by atoms with Gasteiger partial charge in [0.2, 0.25) is 11.8 Å². The molecule has 0 radical (unpaired) electrons. The molecule has 4 atom stereocenters. The molecule has 0 aliphatic carbocycles. The summed E-state index contributed by atoms with van der Waals surface area (Å²) in [5, 5.41) is 31.6. The van der Waals surface area contributed by atoms with E-state index in [0.29, 0.717) is 0 Å². The van der Waals surface area contributed by atoms with Gasteiger partial charge in [0.1, 0.15) is 18.1 Å². The zero-order chi connectivity index (χ0) is 21.1. The summed E-state index contributed by atoms with van der Waals surface area (Å²) in [6, 6.07) is -4.30. The molecule has 0 heterocycles. The van der Waals surface area contributed by atoms with Crippen LogP contribution in [0.5, 0.6) is 0 Å². The predicted octanol–water partition coefficient (Wildman–Crippen LogP) is -3.72. The number of rotatable bonds is 12. The Kier molecular flexibility index (Phi) is 10.4. The maximum atomic E-state index is 12.2. The quantitative estimate of drug-likeness (QED) is 0.0919. The van der Waals surface area contributed by atoms with Gasteiger partial charge in [-0.05, 0) is 19.8 Å². The van der Waals surface area contributed by atoms with Crippen LogP contribution >= 0.6 is 0 Å².